The minimum atomic E-state index is -1.16. The van der Waals surface area contributed by atoms with Gasteiger partial charge in [0.25, 0.3) is 11.6 Å². The minimum Gasteiger partial charge on any atom is -0.444 e. The normalized spacial score (nSPS) is 14.4. The molecule has 1 aliphatic rings. The van der Waals surface area contributed by atoms with E-state index >= 15 is 0 Å². The topological polar surface area (TPSA) is 98.5 Å². The molecule has 128 valence electrons. The summed E-state index contributed by atoms with van der Waals surface area (Å²) in [5.74, 6) is -1.34. The molecule has 2 aromatic carbocycles. The van der Waals surface area contributed by atoms with Gasteiger partial charge in [-0.05, 0) is 18.9 Å². The second kappa shape index (κ2) is 7.12. The van der Waals surface area contributed by atoms with Gasteiger partial charge in [0.15, 0.2) is 0 Å². The largest absolute Gasteiger partial charge is 0.444 e. The Hall–Kier alpha value is -3.22. The van der Waals surface area contributed by atoms with E-state index in [2.05, 4.69) is 5.32 Å². The van der Waals surface area contributed by atoms with Crippen LogP contribution >= 0.6 is 0 Å². The van der Waals surface area contributed by atoms with Gasteiger partial charge >= 0.3 is 5.97 Å². The number of para-hydroxylation sites is 1. The standard InChI is InChI=1S/C18H16N2O5/c21-17(19-13-10-11-13)16(12-6-2-1-3-7-12)25-18(22)14-8-4-5-9-15(14)20(23)24/h1-9,13,16H,10-11H2,(H,19,21)/t16-/m1/s1. The number of nitro benzene ring substituents is 1. The number of nitrogens with zero attached hydrogens (tertiary/aromatic N) is 1. The number of nitro groups is 1. The highest BCUT2D eigenvalue weighted by molar-refractivity contribution is 5.96. The molecule has 2 aromatic rings. The van der Waals surface area contributed by atoms with Crippen molar-refractivity contribution in [1.82, 2.24) is 5.32 Å². The zero-order chi connectivity index (χ0) is 17.8. The van der Waals surface area contributed by atoms with Crippen molar-refractivity contribution in [2.75, 3.05) is 0 Å². The van der Waals surface area contributed by atoms with Gasteiger partial charge in [0.1, 0.15) is 5.56 Å². The van der Waals surface area contributed by atoms with Crippen LogP contribution in [-0.2, 0) is 9.53 Å². The van der Waals surface area contributed by atoms with Crippen molar-refractivity contribution < 1.29 is 19.2 Å². The summed E-state index contributed by atoms with van der Waals surface area (Å²) < 4.78 is 5.35. The van der Waals surface area contributed by atoms with Crippen molar-refractivity contribution in [2.45, 2.75) is 25.0 Å². The van der Waals surface area contributed by atoms with Crippen LogP contribution in [-0.4, -0.2) is 22.8 Å². The van der Waals surface area contributed by atoms with Gasteiger partial charge in [-0.3, -0.25) is 14.9 Å². The Labute approximate surface area is 143 Å². The lowest BCUT2D eigenvalue weighted by atomic mass is 10.1. The van der Waals surface area contributed by atoms with Crippen LogP contribution in [0.3, 0.4) is 0 Å². The first-order valence-corrected chi connectivity index (χ1v) is 7.86. The van der Waals surface area contributed by atoms with Crippen molar-refractivity contribution in [3.05, 3.63) is 75.8 Å². The van der Waals surface area contributed by atoms with Gasteiger partial charge < -0.3 is 10.1 Å². The molecule has 0 radical (unpaired) electrons. The molecule has 1 aliphatic carbocycles. The molecular formula is C18H16N2O5. The Morgan fingerprint density at radius 3 is 2.36 bits per heavy atom. The van der Waals surface area contributed by atoms with Gasteiger partial charge in [-0.1, -0.05) is 42.5 Å². The number of esters is 1. The van der Waals surface area contributed by atoms with Gasteiger partial charge in [0, 0.05) is 17.7 Å². The first kappa shape index (κ1) is 16.6. The lowest BCUT2D eigenvalue weighted by molar-refractivity contribution is -0.385. The zero-order valence-electron chi connectivity index (χ0n) is 13.3. The Balaban J connectivity index is 1.86. The van der Waals surface area contributed by atoms with Crippen LogP contribution in [0.4, 0.5) is 5.69 Å². The SMILES string of the molecule is O=C(O[C@@H](C(=O)NC1CC1)c1ccccc1)c1ccccc1[N+](=O)[O-]. The fraction of sp³-hybridized carbons (Fsp3) is 0.222. The molecule has 1 amide bonds. The average Bonchev–Trinajstić information content (AvgIpc) is 3.44. The predicted molar refractivity (Wildman–Crippen MR) is 88.9 cm³/mol. The second-order valence-electron chi connectivity index (χ2n) is 5.75. The fourth-order valence-electron chi connectivity index (χ4n) is 2.38. The third kappa shape index (κ3) is 4.00. The molecule has 0 unspecified atom stereocenters. The van der Waals surface area contributed by atoms with Gasteiger partial charge in [-0.2, -0.15) is 0 Å². The summed E-state index contributed by atoms with van der Waals surface area (Å²) in [6.07, 6.45) is 0.630. The summed E-state index contributed by atoms with van der Waals surface area (Å²) in [6, 6.07) is 14.2. The summed E-state index contributed by atoms with van der Waals surface area (Å²) in [7, 11) is 0. The highest BCUT2D eigenvalue weighted by atomic mass is 16.6. The Kier molecular flexibility index (Phi) is 4.74. The lowest BCUT2D eigenvalue weighted by Crippen LogP contribution is -2.33. The van der Waals surface area contributed by atoms with Crippen LogP contribution in [0.2, 0.25) is 0 Å². The van der Waals surface area contributed by atoms with Crippen LogP contribution in [0.15, 0.2) is 54.6 Å². The molecule has 1 atom stereocenters. The first-order valence-electron chi connectivity index (χ1n) is 7.86. The van der Waals surface area contributed by atoms with E-state index in [1.807, 2.05) is 0 Å². The smallest absolute Gasteiger partial charge is 0.346 e. The predicted octanol–water partition coefficient (Wildman–Crippen LogP) is 2.77. The summed E-state index contributed by atoms with van der Waals surface area (Å²) >= 11 is 0. The maximum Gasteiger partial charge on any atom is 0.346 e. The van der Waals surface area contributed by atoms with Crippen molar-refractivity contribution in [3.8, 4) is 0 Å². The molecule has 25 heavy (non-hydrogen) atoms. The summed E-state index contributed by atoms with van der Waals surface area (Å²) in [5, 5.41) is 13.9. The number of carbonyl (C=O) groups excluding carboxylic acids is 2. The highest BCUT2D eigenvalue weighted by Gasteiger charge is 2.32. The van der Waals surface area contributed by atoms with E-state index in [1.165, 1.54) is 24.3 Å². The molecule has 7 nitrogen and oxygen atoms in total. The van der Waals surface area contributed by atoms with Crippen LogP contribution < -0.4 is 5.32 Å². The summed E-state index contributed by atoms with van der Waals surface area (Å²) in [5.41, 5.74) is -0.0397. The highest BCUT2D eigenvalue weighted by Crippen LogP contribution is 2.26. The number of benzene rings is 2. The molecule has 0 saturated heterocycles. The second-order valence-corrected chi connectivity index (χ2v) is 5.75. The third-order valence-electron chi connectivity index (χ3n) is 3.81. The number of nitrogens with one attached hydrogen (secondary N) is 1. The van der Waals surface area contributed by atoms with E-state index in [1.54, 1.807) is 30.3 Å². The van der Waals surface area contributed by atoms with E-state index < -0.39 is 22.9 Å². The van der Waals surface area contributed by atoms with Crippen LogP contribution in [0, 0.1) is 10.1 Å². The Bertz CT molecular complexity index is 802. The van der Waals surface area contributed by atoms with Crippen molar-refractivity contribution in [3.63, 3.8) is 0 Å². The van der Waals surface area contributed by atoms with Gasteiger partial charge in [-0.15, -0.1) is 0 Å². The molecule has 0 spiro atoms. The van der Waals surface area contributed by atoms with Crippen LogP contribution in [0.5, 0.6) is 0 Å². The number of carbonyl (C=O) groups is 2. The number of hydrogen-bond acceptors (Lipinski definition) is 5. The van der Waals surface area contributed by atoms with Crippen molar-refractivity contribution in [2.24, 2.45) is 0 Å². The van der Waals surface area contributed by atoms with E-state index in [9.17, 15) is 19.7 Å². The minimum absolute atomic E-state index is 0.100. The quantitative estimate of drug-likeness (QED) is 0.495. The fourth-order valence-corrected chi connectivity index (χ4v) is 2.38. The molecule has 1 saturated carbocycles. The number of hydrogen-bond donors (Lipinski definition) is 1. The van der Waals surface area contributed by atoms with Crippen LogP contribution in [0.25, 0.3) is 0 Å². The molecule has 0 bridgehead atoms. The number of ether oxygens (including phenoxy) is 1. The molecular weight excluding hydrogens is 324 g/mol. The maximum atomic E-state index is 12.5. The molecule has 0 aromatic heterocycles. The summed E-state index contributed by atoms with van der Waals surface area (Å²) in [4.78, 5) is 35.3. The monoisotopic (exact) mass is 340 g/mol. The number of amides is 1. The molecule has 3 rings (SSSR count). The first-order chi connectivity index (χ1) is 12.1. The van der Waals surface area contributed by atoms with Gasteiger partial charge in [-0.25, -0.2) is 4.79 Å². The van der Waals surface area contributed by atoms with E-state index in [0.717, 1.165) is 12.8 Å². The number of rotatable bonds is 6. The van der Waals surface area contributed by atoms with Crippen molar-refractivity contribution >= 4 is 17.6 Å². The molecule has 0 aliphatic heterocycles. The third-order valence-corrected chi connectivity index (χ3v) is 3.81. The maximum absolute atomic E-state index is 12.5. The van der Waals surface area contributed by atoms with Crippen LogP contribution in [0.1, 0.15) is 34.9 Å². The summed E-state index contributed by atoms with van der Waals surface area (Å²) in [6.45, 7) is 0. The van der Waals surface area contributed by atoms with Gasteiger partial charge in [0.05, 0.1) is 4.92 Å². The van der Waals surface area contributed by atoms with E-state index in [4.69, 9.17) is 4.74 Å². The lowest BCUT2D eigenvalue weighted by Gasteiger charge is -2.18. The molecule has 7 heteroatoms. The molecule has 0 heterocycles. The Morgan fingerprint density at radius 1 is 1.08 bits per heavy atom. The Morgan fingerprint density at radius 2 is 1.72 bits per heavy atom. The van der Waals surface area contributed by atoms with E-state index in [0.29, 0.717) is 5.56 Å². The molecule has 1 fully saturated rings. The van der Waals surface area contributed by atoms with E-state index in [-0.39, 0.29) is 17.3 Å². The van der Waals surface area contributed by atoms with Gasteiger partial charge in [0.2, 0.25) is 6.10 Å². The van der Waals surface area contributed by atoms with Crippen molar-refractivity contribution in [1.29, 1.82) is 0 Å². The average molecular weight is 340 g/mol. The molecule has 1 N–H and O–H groups in total. The zero-order valence-corrected chi connectivity index (χ0v) is 13.3.